The summed E-state index contributed by atoms with van der Waals surface area (Å²) >= 11 is 0. The van der Waals surface area contributed by atoms with E-state index in [0.29, 0.717) is 12.4 Å². The highest BCUT2D eigenvalue weighted by molar-refractivity contribution is 5.56. The molecule has 2 N–H and O–H groups in total. The maximum absolute atomic E-state index is 13.4. The van der Waals surface area contributed by atoms with E-state index in [1.165, 1.54) is 12.3 Å². The molecule has 1 aromatic carbocycles. The Balaban J connectivity index is 2.16. The lowest BCUT2D eigenvalue weighted by atomic mass is 10.3. The van der Waals surface area contributed by atoms with Crippen LogP contribution >= 0.6 is 0 Å². The first-order valence-corrected chi connectivity index (χ1v) is 5.45. The first kappa shape index (κ1) is 12.9. The molecule has 7 heteroatoms. The van der Waals surface area contributed by atoms with Crippen molar-refractivity contribution in [3.63, 3.8) is 0 Å². The van der Waals surface area contributed by atoms with Gasteiger partial charge in [0.1, 0.15) is 11.6 Å². The molecule has 19 heavy (non-hydrogen) atoms. The van der Waals surface area contributed by atoms with Gasteiger partial charge in [0, 0.05) is 12.6 Å². The number of rotatable bonds is 5. The van der Waals surface area contributed by atoms with Crippen LogP contribution in [-0.2, 0) is 0 Å². The van der Waals surface area contributed by atoms with Gasteiger partial charge >= 0.3 is 0 Å². The van der Waals surface area contributed by atoms with E-state index in [1.807, 2.05) is 0 Å². The summed E-state index contributed by atoms with van der Waals surface area (Å²) in [5, 5.41) is 13.0. The van der Waals surface area contributed by atoms with Crippen LogP contribution < -0.4 is 10.6 Å². The second-order valence-corrected chi connectivity index (χ2v) is 3.58. The number of anilines is 3. The molecule has 1 aromatic heterocycles. The Morgan fingerprint density at radius 3 is 2.89 bits per heavy atom. The van der Waals surface area contributed by atoms with Crippen molar-refractivity contribution in [3.8, 4) is 0 Å². The van der Waals surface area contributed by atoms with Crippen LogP contribution in [-0.4, -0.2) is 21.7 Å². The molecule has 0 spiro atoms. The van der Waals surface area contributed by atoms with Crippen LogP contribution in [0.15, 0.2) is 37.1 Å². The topological polar surface area (TPSA) is 62.7 Å². The fraction of sp³-hybridized carbons (Fsp3) is 0.0833. The Morgan fingerprint density at radius 2 is 2.16 bits per heavy atom. The first-order chi connectivity index (χ1) is 9.19. The zero-order chi connectivity index (χ0) is 13.7. The highest BCUT2D eigenvalue weighted by Crippen LogP contribution is 2.19. The summed E-state index contributed by atoms with van der Waals surface area (Å²) in [6, 6.07) is 3.22. The lowest BCUT2D eigenvalue weighted by Crippen LogP contribution is -2.06. The van der Waals surface area contributed by atoms with Crippen molar-refractivity contribution in [1.29, 1.82) is 0 Å². The molecular weight excluding hydrogens is 252 g/mol. The smallest absolute Gasteiger partial charge is 0.244 e. The number of halogens is 2. The molecule has 0 bridgehead atoms. The van der Waals surface area contributed by atoms with E-state index in [9.17, 15) is 8.78 Å². The molecule has 0 saturated carbocycles. The minimum absolute atomic E-state index is 0.108. The van der Waals surface area contributed by atoms with Gasteiger partial charge in [-0.1, -0.05) is 6.08 Å². The SMILES string of the molecule is C=CCNc1nncc(Nc2ccc(F)cc2F)n1. The average molecular weight is 263 g/mol. The van der Waals surface area contributed by atoms with Gasteiger partial charge in [-0.15, -0.1) is 11.7 Å². The minimum Gasteiger partial charge on any atom is -0.349 e. The molecule has 0 unspecified atom stereocenters. The van der Waals surface area contributed by atoms with E-state index >= 15 is 0 Å². The molecule has 0 radical (unpaired) electrons. The van der Waals surface area contributed by atoms with Crippen LogP contribution in [0, 0.1) is 11.6 Å². The second-order valence-electron chi connectivity index (χ2n) is 3.58. The maximum atomic E-state index is 13.4. The van der Waals surface area contributed by atoms with Gasteiger partial charge in [0.25, 0.3) is 0 Å². The molecule has 0 saturated heterocycles. The van der Waals surface area contributed by atoms with Gasteiger partial charge in [-0.25, -0.2) is 8.78 Å². The van der Waals surface area contributed by atoms with Gasteiger partial charge in [0.15, 0.2) is 5.82 Å². The fourth-order valence-corrected chi connectivity index (χ4v) is 1.33. The zero-order valence-corrected chi connectivity index (χ0v) is 9.90. The van der Waals surface area contributed by atoms with Crippen LogP contribution in [0.3, 0.4) is 0 Å². The number of hydrogen-bond donors (Lipinski definition) is 2. The van der Waals surface area contributed by atoms with Crippen molar-refractivity contribution in [2.75, 3.05) is 17.2 Å². The number of nitrogens with zero attached hydrogens (tertiary/aromatic N) is 3. The molecule has 2 aromatic rings. The van der Waals surface area contributed by atoms with E-state index in [1.54, 1.807) is 6.08 Å². The number of nitrogens with one attached hydrogen (secondary N) is 2. The predicted molar refractivity (Wildman–Crippen MR) is 68.2 cm³/mol. The molecule has 1 heterocycles. The second kappa shape index (κ2) is 5.85. The third-order valence-electron chi connectivity index (χ3n) is 2.16. The highest BCUT2D eigenvalue weighted by Gasteiger charge is 2.06. The van der Waals surface area contributed by atoms with Gasteiger partial charge in [0.2, 0.25) is 5.95 Å². The number of hydrogen-bond acceptors (Lipinski definition) is 5. The van der Waals surface area contributed by atoms with Crippen molar-refractivity contribution in [3.05, 3.63) is 48.7 Å². The maximum Gasteiger partial charge on any atom is 0.244 e. The van der Waals surface area contributed by atoms with E-state index in [-0.39, 0.29) is 11.6 Å². The standard InChI is InChI=1S/C12H11F2N5/c1-2-5-15-12-18-11(7-16-19-12)17-10-4-3-8(13)6-9(10)14/h2-4,6-7H,1,5H2,(H2,15,17,18,19). The van der Waals surface area contributed by atoms with Gasteiger partial charge in [-0.3, -0.25) is 0 Å². The van der Waals surface area contributed by atoms with E-state index < -0.39 is 11.6 Å². The van der Waals surface area contributed by atoms with Gasteiger partial charge in [-0.05, 0) is 12.1 Å². The molecule has 0 amide bonds. The zero-order valence-electron chi connectivity index (χ0n) is 9.90. The van der Waals surface area contributed by atoms with Crippen LogP contribution in [0.25, 0.3) is 0 Å². The van der Waals surface area contributed by atoms with Crippen molar-refractivity contribution < 1.29 is 8.78 Å². The highest BCUT2D eigenvalue weighted by atomic mass is 19.1. The van der Waals surface area contributed by atoms with Gasteiger partial charge < -0.3 is 10.6 Å². The van der Waals surface area contributed by atoms with Gasteiger partial charge in [0.05, 0.1) is 11.9 Å². The summed E-state index contributed by atoms with van der Waals surface area (Å²) in [7, 11) is 0. The van der Waals surface area contributed by atoms with E-state index in [2.05, 4.69) is 32.4 Å². The quantitative estimate of drug-likeness (QED) is 0.811. The Kier molecular flexibility index (Phi) is 3.97. The molecule has 0 aliphatic rings. The Bertz CT molecular complexity index is 588. The van der Waals surface area contributed by atoms with E-state index in [0.717, 1.165) is 12.1 Å². The molecule has 98 valence electrons. The summed E-state index contributed by atoms with van der Waals surface area (Å²) in [6.07, 6.45) is 2.98. The molecule has 2 rings (SSSR count). The largest absolute Gasteiger partial charge is 0.349 e. The van der Waals surface area contributed by atoms with Crippen molar-refractivity contribution in [1.82, 2.24) is 15.2 Å². The Labute approximate surface area is 108 Å². The lowest BCUT2D eigenvalue weighted by molar-refractivity contribution is 0.586. The number of aromatic nitrogens is 3. The third kappa shape index (κ3) is 3.44. The van der Waals surface area contributed by atoms with Crippen LogP contribution in [0.5, 0.6) is 0 Å². The Hall–Kier alpha value is -2.57. The lowest BCUT2D eigenvalue weighted by Gasteiger charge is -2.07. The predicted octanol–water partition coefficient (Wildman–Crippen LogP) is 2.49. The molecule has 0 fully saturated rings. The fourth-order valence-electron chi connectivity index (χ4n) is 1.33. The summed E-state index contributed by atoms with van der Waals surface area (Å²) in [4.78, 5) is 4.07. The summed E-state index contributed by atoms with van der Waals surface area (Å²) in [5.41, 5.74) is 0.108. The van der Waals surface area contributed by atoms with Crippen LogP contribution in [0.4, 0.5) is 26.2 Å². The van der Waals surface area contributed by atoms with Crippen molar-refractivity contribution in [2.24, 2.45) is 0 Å². The minimum atomic E-state index is -0.709. The van der Waals surface area contributed by atoms with E-state index in [4.69, 9.17) is 0 Å². The van der Waals surface area contributed by atoms with Crippen LogP contribution in [0.1, 0.15) is 0 Å². The first-order valence-electron chi connectivity index (χ1n) is 5.45. The molecule has 5 nitrogen and oxygen atoms in total. The van der Waals surface area contributed by atoms with Crippen molar-refractivity contribution >= 4 is 17.5 Å². The summed E-state index contributed by atoms with van der Waals surface area (Å²) in [5.74, 6) is -0.768. The Morgan fingerprint density at radius 1 is 1.32 bits per heavy atom. The third-order valence-corrected chi connectivity index (χ3v) is 2.16. The molecule has 0 aliphatic carbocycles. The average Bonchev–Trinajstić information content (AvgIpc) is 2.40. The molecular formula is C12H11F2N5. The summed E-state index contributed by atoms with van der Waals surface area (Å²) in [6.45, 7) is 4.03. The molecule has 0 atom stereocenters. The number of benzene rings is 1. The van der Waals surface area contributed by atoms with Crippen LogP contribution in [0.2, 0.25) is 0 Å². The monoisotopic (exact) mass is 263 g/mol. The van der Waals surface area contributed by atoms with Gasteiger partial charge in [-0.2, -0.15) is 10.1 Å². The molecule has 0 aliphatic heterocycles. The summed E-state index contributed by atoms with van der Waals surface area (Å²) < 4.78 is 26.2. The normalized spacial score (nSPS) is 10.0. The van der Waals surface area contributed by atoms with Crippen molar-refractivity contribution in [2.45, 2.75) is 0 Å².